The highest BCUT2D eigenvalue weighted by atomic mass is 16.2. The number of carbonyl (C=O) groups is 2. The summed E-state index contributed by atoms with van der Waals surface area (Å²) in [5.41, 5.74) is 6.30. The van der Waals surface area contributed by atoms with Crippen LogP contribution in [0, 0.1) is 33.6 Å². The zero-order valence-electron chi connectivity index (χ0n) is 15.0. The zero-order valence-corrected chi connectivity index (χ0v) is 15.0. The van der Waals surface area contributed by atoms with E-state index in [4.69, 9.17) is 0 Å². The smallest absolute Gasteiger partial charge is 0.223 e. The van der Waals surface area contributed by atoms with Crippen LogP contribution in [0.4, 0.5) is 0 Å². The third-order valence-electron chi connectivity index (χ3n) is 5.27. The molecule has 1 fully saturated rings. The maximum atomic E-state index is 12.4. The molecule has 0 aromatic heterocycles. The van der Waals surface area contributed by atoms with E-state index in [9.17, 15) is 9.59 Å². The largest absolute Gasteiger partial charge is 0.352 e. The molecule has 0 aliphatic carbocycles. The summed E-state index contributed by atoms with van der Waals surface area (Å²) in [7, 11) is 0. The number of rotatable bonds is 3. The van der Waals surface area contributed by atoms with E-state index < -0.39 is 0 Å². The minimum absolute atomic E-state index is 0.0251. The molecule has 0 spiro atoms. The second-order valence-corrected chi connectivity index (χ2v) is 6.74. The molecule has 1 aliphatic heterocycles. The molecule has 0 radical (unpaired) electrons. The van der Waals surface area contributed by atoms with E-state index in [-0.39, 0.29) is 17.7 Å². The van der Waals surface area contributed by atoms with Gasteiger partial charge in [-0.1, -0.05) is 6.07 Å². The van der Waals surface area contributed by atoms with E-state index >= 15 is 0 Å². The van der Waals surface area contributed by atoms with Crippen LogP contribution in [0.25, 0.3) is 0 Å². The first-order valence-electron chi connectivity index (χ1n) is 8.40. The van der Waals surface area contributed by atoms with Crippen LogP contribution in [0.3, 0.4) is 0 Å². The molecule has 126 valence electrons. The second kappa shape index (κ2) is 7.16. The Morgan fingerprint density at radius 1 is 1.09 bits per heavy atom. The van der Waals surface area contributed by atoms with Gasteiger partial charge in [0.25, 0.3) is 0 Å². The van der Waals surface area contributed by atoms with Gasteiger partial charge in [-0.25, -0.2) is 0 Å². The number of benzene rings is 1. The molecule has 1 saturated heterocycles. The Hall–Kier alpha value is -1.84. The van der Waals surface area contributed by atoms with Gasteiger partial charge >= 0.3 is 0 Å². The summed E-state index contributed by atoms with van der Waals surface area (Å²) in [6.45, 7) is 12.0. The summed E-state index contributed by atoms with van der Waals surface area (Å²) >= 11 is 0. The van der Waals surface area contributed by atoms with Gasteiger partial charge in [-0.2, -0.15) is 0 Å². The van der Waals surface area contributed by atoms with Crippen LogP contribution < -0.4 is 5.32 Å². The van der Waals surface area contributed by atoms with Crippen LogP contribution in [0.2, 0.25) is 0 Å². The fourth-order valence-electron chi connectivity index (χ4n) is 3.34. The van der Waals surface area contributed by atoms with Gasteiger partial charge in [0, 0.05) is 32.5 Å². The van der Waals surface area contributed by atoms with E-state index in [2.05, 4.69) is 39.1 Å². The van der Waals surface area contributed by atoms with Crippen LogP contribution in [0.15, 0.2) is 6.07 Å². The van der Waals surface area contributed by atoms with Crippen molar-refractivity contribution in [2.75, 3.05) is 13.1 Å². The Kier molecular flexibility index (Phi) is 5.45. The zero-order chi connectivity index (χ0) is 17.1. The van der Waals surface area contributed by atoms with E-state index in [1.54, 1.807) is 6.92 Å². The van der Waals surface area contributed by atoms with Gasteiger partial charge in [0.1, 0.15) is 0 Å². The molecular formula is C19H28N2O2. The highest BCUT2D eigenvalue weighted by Crippen LogP contribution is 2.22. The van der Waals surface area contributed by atoms with Crippen LogP contribution in [0.5, 0.6) is 0 Å². The lowest BCUT2D eigenvalue weighted by molar-refractivity contribution is -0.134. The number of hydrogen-bond donors (Lipinski definition) is 1. The molecule has 4 heteroatoms. The third-order valence-corrected chi connectivity index (χ3v) is 5.27. The second-order valence-electron chi connectivity index (χ2n) is 6.74. The van der Waals surface area contributed by atoms with E-state index in [1.807, 2.05) is 4.90 Å². The third kappa shape index (κ3) is 3.92. The number of nitrogens with one attached hydrogen (secondary N) is 1. The highest BCUT2D eigenvalue weighted by molar-refractivity contribution is 5.79. The van der Waals surface area contributed by atoms with E-state index in [0.717, 1.165) is 12.8 Å². The fourth-order valence-corrected chi connectivity index (χ4v) is 3.34. The molecule has 23 heavy (non-hydrogen) atoms. The number of piperidine rings is 1. The minimum Gasteiger partial charge on any atom is -0.352 e. The summed E-state index contributed by atoms with van der Waals surface area (Å²) in [5, 5.41) is 3.11. The summed E-state index contributed by atoms with van der Waals surface area (Å²) in [6, 6.07) is 2.20. The van der Waals surface area contributed by atoms with Gasteiger partial charge in [0.15, 0.2) is 0 Å². The van der Waals surface area contributed by atoms with Crippen molar-refractivity contribution in [1.82, 2.24) is 10.2 Å². The lowest BCUT2D eigenvalue weighted by atomic mass is 9.93. The SMILES string of the molecule is CC(=O)N1CCC(C(=O)NCc2c(C)c(C)cc(C)c2C)CC1. The number of amides is 2. The summed E-state index contributed by atoms with van der Waals surface area (Å²) in [6.07, 6.45) is 1.52. The van der Waals surface area contributed by atoms with Crippen molar-refractivity contribution >= 4 is 11.8 Å². The van der Waals surface area contributed by atoms with Crippen LogP contribution in [-0.2, 0) is 16.1 Å². The predicted molar refractivity (Wildman–Crippen MR) is 92.2 cm³/mol. The maximum absolute atomic E-state index is 12.4. The van der Waals surface area contributed by atoms with Gasteiger partial charge in [0.05, 0.1) is 0 Å². The fraction of sp³-hybridized carbons (Fsp3) is 0.579. The van der Waals surface area contributed by atoms with Gasteiger partial charge in [0.2, 0.25) is 11.8 Å². The highest BCUT2D eigenvalue weighted by Gasteiger charge is 2.26. The molecule has 2 amide bonds. The van der Waals surface area contributed by atoms with Gasteiger partial charge < -0.3 is 10.2 Å². The summed E-state index contributed by atoms with van der Waals surface area (Å²) in [4.78, 5) is 25.6. The molecule has 1 heterocycles. The van der Waals surface area contributed by atoms with Crippen LogP contribution in [0.1, 0.15) is 47.6 Å². The molecule has 0 saturated carbocycles. The van der Waals surface area contributed by atoms with Crippen molar-refractivity contribution < 1.29 is 9.59 Å². The number of hydrogen-bond acceptors (Lipinski definition) is 2. The molecule has 1 aromatic carbocycles. The number of nitrogens with zero attached hydrogens (tertiary/aromatic N) is 1. The summed E-state index contributed by atoms with van der Waals surface area (Å²) < 4.78 is 0. The molecule has 4 nitrogen and oxygen atoms in total. The monoisotopic (exact) mass is 316 g/mol. The van der Waals surface area contributed by atoms with Crippen molar-refractivity contribution in [1.29, 1.82) is 0 Å². The first kappa shape index (κ1) is 17.5. The lowest BCUT2D eigenvalue weighted by Crippen LogP contribution is -2.42. The number of carbonyl (C=O) groups excluding carboxylic acids is 2. The first-order chi connectivity index (χ1) is 10.8. The van der Waals surface area contributed by atoms with E-state index in [0.29, 0.717) is 19.6 Å². The van der Waals surface area contributed by atoms with Crippen molar-refractivity contribution in [2.45, 2.75) is 54.0 Å². The van der Waals surface area contributed by atoms with Gasteiger partial charge in [-0.15, -0.1) is 0 Å². The average molecular weight is 316 g/mol. The quantitative estimate of drug-likeness (QED) is 0.932. The maximum Gasteiger partial charge on any atom is 0.223 e. The Morgan fingerprint density at radius 2 is 1.61 bits per heavy atom. The first-order valence-corrected chi connectivity index (χ1v) is 8.40. The van der Waals surface area contributed by atoms with Crippen molar-refractivity contribution in [2.24, 2.45) is 5.92 Å². The van der Waals surface area contributed by atoms with E-state index in [1.165, 1.54) is 27.8 Å². The molecule has 2 rings (SSSR count). The van der Waals surface area contributed by atoms with Crippen molar-refractivity contribution in [3.8, 4) is 0 Å². The van der Waals surface area contributed by atoms with Crippen LogP contribution >= 0.6 is 0 Å². The molecule has 1 aromatic rings. The van der Waals surface area contributed by atoms with Crippen molar-refractivity contribution in [3.05, 3.63) is 33.9 Å². The normalized spacial score (nSPS) is 15.6. The lowest BCUT2D eigenvalue weighted by Gasteiger charge is -2.30. The molecule has 0 bridgehead atoms. The van der Waals surface area contributed by atoms with Crippen molar-refractivity contribution in [3.63, 3.8) is 0 Å². The molecule has 1 aliphatic rings. The van der Waals surface area contributed by atoms with Gasteiger partial charge in [-0.05, 0) is 68.4 Å². The number of aryl methyl sites for hydroxylation is 2. The van der Waals surface area contributed by atoms with Gasteiger partial charge in [-0.3, -0.25) is 9.59 Å². The summed E-state index contributed by atoms with van der Waals surface area (Å²) in [5.74, 6) is 0.244. The number of likely N-dealkylation sites (tertiary alicyclic amines) is 1. The Bertz CT molecular complexity index is 588. The Morgan fingerprint density at radius 3 is 2.09 bits per heavy atom. The minimum atomic E-state index is 0.0251. The molecule has 0 unspecified atom stereocenters. The Balaban J connectivity index is 1.97. The molecule has 0 atom stereocenters. The Labute approximate surface area is 139 Å². The molecular weight excluding hydrogens is 288 g/mol. The average Bonchev–Trinajstić information content (AvgIpc) is 2.53. The van der Waals surface area contributed by atoms with Crippen LogP contribution in [-0.4, -0.2) is 29.8 Å². The topological polar surface area (TPSA) is 49.4 Å². The predicted octanol–water partition coefficient (Wildman–Crippen LogP) is 2.79. The standard InChI is InChI=1S/C19H28N2O2/c1-12-10-13(2)15(4)18(14(12)3)11-20-19(23)17-6-8-21(9-7-17)16(5)22/h10,17H,6-9,11H2,1-5H3,(H,20,23). The molecule has 1 N–H and O–H groups in total.